The highest BCUT2D eigenvalue weighted by atomic mass is 127. The SMILES string of the molecule is CC(C)(C)OC(=O)N1CCC[C@H](I)C1. The summed E-state index contributed by atoms with van der Waals surface area (Å²) in [6.45, 7) is 7.37. The van der Waals surface area contributed by atoms with E-state index in [1.807, 2.05) is 25.7 Å². The van der Waals surface area contributed by atoms with Crippen LogP contribution in [0.2, 0.25) is 0 Å². The molecule has 0 aromatic heterocycles. The van der Waals surface area contributed by atoms with Gasteiger partial charge in [-0.05, 0) is 33.6 Å². The van der Waals surface area contributed by atoms with Gasteiger partial charge in [-0.2, -0.15) is 0 Å². The molecule has 1 saturated heterocycles. The normalized spacial score (nSPS) is 23.4. The van der Waals surface area contributed by atoms with Gasteiger partial charge in [0, 0.05) is 17.0 Å². The number of carbonyl (C=O) groups is 1. The molecular weight excluding hydrogens is 293 g/mol. The number of rotatable bonds is 0. The first kappa shape index (κ1) is 12.1. The molecule has 0 radical (unpaired) electrons. The maximum Gasteiger partial charge on any atom is 0.410 e. The molecule has 0 N–H and O–H groups in total. The lowest BCUT2D eigenvalue weighted by molar-refractivity contribution is 0.0224. The van der Waals surface area contributed by atoms with Crippen molar-refractivity contribution in [2.75, 3.05) is 13.1 Å². The van der Waals surface area contributed by atoms with Crippen molar-refractivity contribution in [3.63, 3.8) is 0 Å². The lowest BCUT2D eigenvalue weighted by Gasteiger charge is -2.32. The number of carbonyl (C=O) groups excluding carboxylic acids is 1. The summed E-state index contributed by atoms with van der Waals surface area (Å²) in [5, 5.41) is 0. The van der Waals surface area contributed by atoms with E-state index in [4.69, 9.17) is 4.74 Å². The molecule has 0 aromatic rings. The molecular formula is C10H18INO2. The number of piperidine rings is 1. The molecule has 1 rings (SSSR count). The van der Waals surface area contributed by atoms with E-state index in [-0.39, 0.29) is 11.7 Å². The molecule has 1 heterocycles. The summed E-state index contributed by atoms with van der Waals surface area (Å²) in [7, 11) is 0. The van der Waals surface area contributed by atoms with Gasteiger partial charge in [0.25, 0.3) is 0 Å². The zero-order chi connectivity index (χ0) is 10.8. The summed E-state index contributed by atoms with van der Waals surface area (Å²) in [6, 6.07) is 0. The highest BCUT2D eigenvalue weighted by molar-refractivity contribution is 14.1. The number of halogens is 1. The van der Waals surface area contributed by atoms with E-state index in [9.17, 15) is 4.79 Å². The highest BCUT2D eigenvalue weighted by Gasteiger charge is 2.26. The first-order valence-electron chi connectivity index (χ1n) is 5.00. The maximum atomic E-state index is 11.7. The number of hydrogen-bond acceptors (Lipinski definition) is 2. The molecule has 1 atom stereocenters. The van der Waals surface area contributed by atoms with Crippen molar-refractivity contribution in [1.29, 1.82) is 0 Å². The number of alkyl halides is 1. The molecule has 1 aliphatic rings. The second kappa shape index (κ2) is 4.68. The van der Waals surface area contributed by atoms with Crippen LogP contribution in [-0.2, 0) is 4.74 Å². The largest absolute Gasteiger partial charge is 0.444 e. The summed E-state index contributed by atoms with van der Waals surface area (Å²) >= 11 is 2.39. The van der Waals surface area contributed by atoms with Gasteiger partial charge in [0.2, 0.25) is 0 Å². The highest BCUT2D eigenvalue weighted by Crippen LogP contribution is 2.19. The summed E-state index contributed by atoms with van der Waals surface area (Å²) in [5.74, 6) is 0. The van der Waals surface area contributed by atoms with E-state index in [1.54, 1.807) is 0 Å². The quantitative estimate of drug-likeness (QED) is 0.508. The van der Waals surface area contributed by atoms with Crippen LogP contribution in [0.5, 0.6) is 0 Å². The van der Waals surface area contributed by atoms with Gasteiger partial charge in [-0.25, -0.2) is 4.79 Å². The zero-order valence-corrected chi connectivity index (χ0v) is 11.2. The minimum atomic E-state index is -0.380. The van der Waals surface area contributed by atoms with E-state index in [0.29, 0.717) is 3.92 Å². The third kappa shape index (κ3) is 4.02. The van der Waals surface area contributed by atoms with Crippen molar-refractivity contribution >= 4 is 28.7 Å². The van der Waals surface area contributed by atoms with E-state index < -0.39 is 0 Å². The Kier molecular flexibility index (Phi) is 4.04. The second-order valence-electron chi connectivity index (χ2n) is 4.67. The zero-order valence-electron chi connectivity index (χ0n) is 9.05. The first-order chi connectivity index (χ1) is 6.38. The molecule has 0 bridgehead atoms. The van der Waals surface area contributed by atoms with Crippen LogP contribution in [0.25, 0.3) is 0 Å². The molecule has 1 aliphatic heterocycles. The minimum Gasteiger partial charge on any atom is -0.444 e. The van der Waals surface area contributed by atoms with Gasteiger partial charge in [-0.3, -0.25) is 0 Å². The van der Waals surface area contributed by atoms with Gasteiger partial charge in [0.05, 0.1) is 0 Å². The van der Waals surface area contributed by atoms with Crippen molar-refractivity contribution < 1.29 is 9.53 Å². The molecule has 0 aromatic carbocycles. The Bertz CT molecular complexity index is 213. The number of ether oxygens (including phenoxy) is 1. The molecule has 0 saturated carbocycles. The fourth-order valence-electron chi connectivity index (χ4n) is 1.42. The Hall–Kier alpha value is 0. The molecule has 82 valence electrons. The van der Waals surface area contributed by atoms with Gasteiger partial charge in [0.15, 0.2) is 0 Å². The van der Waals surface area contributed by atoms with Crippen molar-refractivity contribution in [2.45, 2.75) is 43.1 Å². The average molecular weight is 311 g/mol. The molecule has 1 fully saturated rings. The molecule has 14 heavy (non-hydrogen) atoms. The Morgan fingerprint density at radius 1 is 1.50 bits per heavy atom. The summed E-state index contributed by atoms with van der Waals surface area (Å²) in [4.78, 5) is 13.5. The van der Waals surface area contributed by atoms with Gasteiger partial charge in [-0.1, -0.05) is 22.6 Å². The number of amides is 1. The van der Waals surface area contributed by atoms with Crippen LogP contribution in [0.3, 0.4) is 0 Å². The van der Waals surface area contributed by atoms with Crippen molar-refractivity contribution in [1.82, 2.24) is 4.90 Å². The molecule has 3 nitrogen and oxygen atoms in total. The Morgan fingerprint density at radius 2 is 2.14 bits per heavy atom. The lowest BCUT2D eigenvalue weighted by Crippen LogP contribution is -2.43. The number of hydrogen-bond donors (Lipinski definition) is 0. The van der Waals surface area contributed by atoms with Crippen LogP contribution in [0.1, 0.15) is 33.6 Å². The standard InChI is InChI=1S/C10H18INO2/c1-10(2,3)14-9(13)12-6-4-5-8(11)7-12/h8H,4-7H2,1-3H3/t8-/m0/s1. The molecule has 1 amide bonds. The van der Waals surface area contributed by atoms with Gasteiger partial charge in [0.1, 0.15) is 5.60 Å². The van der Waals surface area contributed by atoms with Crippen LogP contribution < -0.4 is 0 Å². The summed E-state index contributed by atoms with van der Waals surface area (Å²) in [5.41, 5.74) is -0.380. The molecule has 0 spiro atoms. The van der Waals surface area contributed by atoms with Crippen molar-refractivity contribution in [3.8, 4) is 0 Å². The second-order valence-corrected chi connectivity index (χ2v) is 6.43. The van der Waals surface area contributed by atoms with Crippen molar-refractivity contribution in [2.24, 2.45) is 0 Å². The Morgan fingerprint density at radius 3 is 2.64 bits per heavy atom. The van der Waals surface area contributed by atoms with Crippen LogP contribution in [-0.4, -0.2) is 33.6 Å². The lowest BCUT2D eigenvalue weighted by atomic mass is 10.1. The van der Waals surface area contributed by atoms with Crippen LogP contribution >= 0.6 is 22.6 Å². The molecule has 0 unspecified atom stereocenters. The van der Waals surface area contributed by atoms with Crippen LogP contribution in [0, 0.1) is 0 Å². The van der Waals surface area contributed by atoms with Gasteiger partial charge in [-0.15, -0.1) is 0 Å². The molecule has 0 aliphatic carbocycles. The van der Waals surface area contributed by atoms with Crippen LogP contribution in [0.15, 0.2) is 0 Å². The summed E-state index contributed by atoms with van der Waals surface area (Å²) < 4.78 is 5.89. The fourth-order valence-corrected chi connectivity index (χ4v) is 2.33. The first-order valence-corrected chi connectivity index (χ1v) is 6.25. The predicted octanol–water partition coefficient (Wildman–Crippen LogP) is 2.82. The van der Waals surface area contributed by atoms with Gasteiger partial charge >= 0.3 is 6.09 Å². The van der Waals surface area contributed by atoms with Crippen LogP contribution in [0.4, 0.5) is 4.79 Å². The Labute approximate surface area is 99.3 Å². The fraction of sp³-hybridized carbons (Fsp3) is 0.900. The van der Waals surface area contributed by atoms with E-state index in [1.165, 1.54) is 6.42 Å². The number of nitrogens with zero attached hydrogens (tertiary/aromatic N) is 1. The minimum absolute atomic E-state index is 0.168. The summed E-state index contributed by atoms with van der Waals surface area (Å²) in [6.07, 6.45) is 2.13. The number of likely N-dealkylation sites (tertiary alicyclic amines) is 1. The molecule has 4 heteroatoms. The average Bonchev–Trinajstić information content (AvgIpc) is 2.01. The smallest absolute Gasteiger partial charge is 0.410 e. The van der Waals surface area contributed by atoms with E-state index >= 15 is 0 Å². The maximum absolute atomic E-state index is 11.7. The van der Waals surface area contributed by atoms with Crippen molar-refractivity contribution in [3.05, 3.63) is 0 Å². The third-order valence-corrected chi connectivity index (χ3v) is 3.03. The van der Waals surface area contributed by atoms with E-state index in [0.717, 1.165) is 19.5 Å². The van der Waals surface area contributed by atoms with E-state index in [2.05, 4.69) is 22.6 Å². The van der Waals surface area contributed by atoms with Gasteiger partial charge < -0.3 is 9.64 Å². The topological polar surface area (TPSA) is 29.5 Å². The predicted molar refractivity (Wildman–Crippen MR) is 64.8 cm³/mol. The monoisotopic (exact) mass is 311 g/mol. The third-order valence-electron chi connectivity index (χ3n) is 2.02. The Balaban J connectivity index is 2.44.